The Balaban J connectivity index is 2.72. The highest BCUT2D eigenvalue weighted by molar-refractivity contribution is 5.51. The van der Waals surface area contributed by atoms with Gasteiger partial charge in [-0.1, -0.05) is 47.6 Å². The van der Waals surface area contributed by atoms with Crippen LogP contribution in [0.2, 0.25) is 0 Å². The van der Waals surface area contributed by atoms with Crippen LogP contribution in [0.15, 0.2) is 49.3 Å². The van der Waals surface area contributed by atoms with Gasteiger partial charge in [0.05, 0.1) is 6.04 Å². The van der Waals surface area contributed by atoms with Crippen molar-refractivity contribution >= 4 is 0 Å². The summed E-state index contributed by atoms with van der Waals surface area (Å²) in [7, 11) is 0. The van der Waals surface area contributed by atoms with Gasteiger partial charge in [-0.3, -0.25) is 0 Å². The number of phenolic OH excluding ortho intramolecular Hbond substituents is 1. The van der Waals surface area contributed by atoms with Gasteiger partial charge in [0.1, 0.15) is 5.75 Å². The summed E-state index contributed by atoms with van der Waals surface area (Å²) in [6.07, 6.45) is 6.05. The maximum atomic E-state index is 10.8. The third kappa shape index (κ3) is 3.52. The largest absolute Gasteiger partial charge is 0.507 e. The second-order valence-corrected chi connectivity index (χ2v) is 8.28. The first-order chi connectivity index (χ1) is 10.6. The minimum Gasteiger partial charge on any atom is -0.507 e. The van der Waals surface area contributed by atoms with Crippen LogP contribution in [0.1, 0.15) is 64.3 Å². The van der Waals surface area contributed by atoms with Gasteiger partial charge in [0.15, 0.2) is 0 Å². The Labute approximate surface area is 140 Å². The van der Waals surface area contributed by atoms with E-state index in [2.05, 4.69) is 64.8 Å². The summed E-state index contributed by atoms with van der Waals surface area (Å²) in [5, 5.41) is 10.8. The van der Waals surface area contributed by atoms with E-state index in [1.54, 1.807) is 0 Å². The van der Waals surface area contributed by atoms with Gasteiger partial charge in [-0.15, -0.1) is 6.58 Å². The summed E-state index contributed by atoms with van der Waals surface area (Å²) in [4.78, 5) is 0. The van der Waals surface area contributed by atoms with Crippen molar-refractivity contribution in [3.05, 3.63) is 66.0 Å². The molecule has 2 heteroatoms. The smallest absolute Gasteiger partial charge is 0.123 e. The molecule has 0 amide bonds. The number of benzene rings is 1. The first kappa shape index (κ1) is 17.4. The SMILES string of the molecule is C=CC(c1cc(C(C)(C)C)c(O)c(C(C)(C)C)c1)n1cccc1. The van der Waals surface area contributed by atoms with Crippen LogP contribution in [-0.4, -0.2) is 9.67 Å². The molecule has 1 aromatic carbocycles. The molecule has 23 heavy (non-hydrogen) atoms. The predicted molar refractivity (Wildman–Crippen MR) is 98.3 cm³/mol. The zero-order valence-corrected chi connectivity index (χ0v) is 15.2. The van der Waals surface area contributed by atoms with Crippen LogP contribution in [0.25, 0.3) is 0 Å². The molecule has 0 saturated carbocycles. The second kappa shape index (κ2) is 5.92. The molecule has 1 N–H and O–H groups in total. The van der Waals surface area contributed by atoms with Crippen molar-refractivity contribution in [1.82, 2.24) is 4.57 Å². The standard InChI is InChI=1S/C21H29NO/c1-8-18(22-11-9-10-12-22)15-13-16(20(2,3)4)19(23)17(14-15)21(5,6)7/h8-14,18,23H,1H2,2-7H3. The highest BCUT2D eigenvalue weighted by Crippen LogP contribution is 2.41. The van der Waals surface area contributed by atoms with Crippen LogP contribution in [0.4, 0.5) is 0 Å². The minimum absolute atomic E-state index is 0.0628. The molecule has 0 aliphatic rings. The Morgan fingerprint density at radius 2 is 1.39 bits per heavy atom. The quantitative estimate of drug-likeness (QED) is 0.737. The van der Waals surface area contributed by atoms with E-state index in [0.29, 0.717) is 5.75 Å². The molecule has 2 nitrogen and oxygen atoms in total. The van der Waals surface area contributed by atoms with Crippen molar-refractivity contribution in [1.29, 1.82) is 0 Å². The lowest BCUT2D eigenvalue weighted by molar-refractivity contribution is 0.422. The van der Waals surface area contributed by atoms with Crippen LogP contribution < -0.4 is 0 Å². The van der Waals surface area contributed by atoms with E-state index in [9.17, 15) is 5.11 Å². The van der Waals surface area contributed by atoms with Crippen LogP contribution in [0, 0.1) is 0 Å². The van der Waals surface area contributed by atoms with E-state index in [0.717, 1.165) is 16.7 Å². The lowest BCUT2D eigenvalue weighted by atomic mass is 9.77. The highest BCUT2D eigenvalue weighted by Gasteiger charge is 2.27. The van der Waals surface area contributed by atoms with Crippen LogP contribution in [0.3, 0.4) is 0 Å². The highest BCUT2D eigenvalue weighted by atomic mass is 16.3. The molecule has 2 rings (SSSR count). The zero-order valence-electron chi connectivity index (χ0n) is 15.2. The van der Waals surface area contributed by atoms with Crippen molar-refractivity contribution in [2.75, 3.05) is 0 Å². The van der Waals surface area contributed by atoms with Crippen molar-refractivity contribution in [3.63, 3.8) is 0 Å². The molecule has 0 aliphatic heterocycles. The Hall–Kier alpha value is -1.96. The lowest BCUT2D eigenvalue weighted by Crippen LogP contribution is -2.19. The lowest BCUT2D eigenvalue weighted by Gasteiger charge is -2.29. The molecular formula is C21H29NO. The van der Waals surface area contributed by atoms with E-state index in [4.69, 9.17) is 0 Å². The molecule has 0 fully saturated rings. The van der Waals surface area contributed by atoms with E-state index in [1.165, 1.54) is 0 Å². The normalized spacial score (nSPS) is 13.8. The molecule has 0 spiro atoms. The maximum Gasteiger partial charge on any atom is 0.123 e. The fourth-order valence-electron chi connectivity index (χ4n) is 2.93. The van der Waals surface area contributed by atoms with E-state index in [1.807, 2.05) is 30.6 Å². The molecule has 1 aromatic heterocycles. The first-order valence-electron chi connectivity index (χ1n) is 8.18. The number of hydrogen-bond donors (Lipinski definition) is 1. The van der Waals surface area contributed by atoms with E-state index < -0.39 is 0 Å². The van der Waals surface area contributed by atoms with Crippen LogP contribution in [0.5, 0.6) is 5.75 Å². The van der Waals surface area contributed by atoms with Gasteiger partial charge in [0.2, 0.25) is 0 Å². The average Bonchev–Trinajstić information content (AvgIpc) is 2.92. The van der Waals surface area contributed by atoms with Crippen molar-refractivity contribution in [2.45, 2.75) is 58.4 Å². The molecule has 1 atom stereocenters. The van der Waals surface area contributed by atoms with Crippen molar-refractivity contribution < 1.29 is 5.11 Å². The molecule has 1 heterocycles. The summed E-state index contributed by atoms with van der Waals surface area (Å²) in [5.41, 5.74) is 2.88. The molecule has 0 saturated heterocycles. The summed E-state index contributed by atoms with van der Waals surface area (Å²) < 4.78 is 2.14. The predicted octanol–water partition coefficient (Wildman–Crippen LogP) is 5.56. The first-order valence-corrected chi connectivity index (χ1v) is 8.18. The van der Waals surface area contributed by atoms with Crippen molar-refractivity contribution in [2.24, 2.45) is 0 Å². The summed E-state index contributed by atoms with van der Waals surface area (Å²) >= 11 is 0. The monoisotopic (exact) mass is 311 g/mol. The molecule has 0 aliphatic carbocycles. The number of allylic oxidation sites excluding steroid dienone is 1. The number of nitrogens with zero attached hydrogens (tertiary/aromatic N) is 1. The Bertz CT molecular complexity index is 647. The second-order valence-electron chi connectivity index (χ2n) is 8.28. The fourth-order valence-corrected chi connectivity index (χ4v) is 2.93. The van der Waals surface area contributed by atoms with Gasteiger partial charge in [-0.05, 0) is 51.8 Å². The van der Waals surface area contributed by atoms with Crippen molar-refractivity contribution in [3.8, 4) is 5.75 Å². The Morgan fingerprint density at radius 1 is 0.957 bits per heavy atom. The molecule has 1 unspecified atom stereocenters. The molecular weight excluding hydrogens is 282 g/mol. The van der Waals surface area contributed by atoms with Gasteiger partial charge in [-0.2, -0.15) is 0 Å². The van der Waals surface area contributed by atoms with Gasteiger partial charge in [-0.25, -0.2) is 0 Å². The Kier molecular flexibility index (Phi) is 4.48. The topological polar surface area (TPSA) is 25.2 Å². The molecule has 124 valence electrons. The van der Waals surface area contributed by atoms with Gasteiger partial charge < -0.3 is 9.67 Å². The number of aromatic nitrogens is 1. The van der Waals surface area contributed by atoms with E-state index >= 15 is 0 Å². The molecule has 0 radical (unpaired) electrons. The summed E-state index contributed by atoms with van der Waals surface area (Å²) in [6.45, 7) is 16.8. The maximum absolute atomic E-state index is 10.8. The third-order valence-corrected chi connectivity index (χ3v) is 4.26. The third-order valence-electron chi connectivity index (χ3n) is 4.26. The summed E-state index contributed by atoms with van der Waals surface area (Å²) in [6, 6.07) is 8.35. The van der Waals surface area contributed by atoms with Gasteiger partial charge in [0.25, 0.3) is 0 Å². The molecule has 2 aromatic rings. The fraction of sp³-hybridized carbons (Fsp3) is 0.429. The van der Waals surface area contributed by atoms with E-state index in [-0.39, 0.29) is 16.9 Å². The van der Waals surface area contributed by atoms with Crippen LogP contribution >= 0.6 is 0 Å². The van der Waals surface area contributed by atoms with Crippen LogP contribution in [-0.2, 0) is 10.8 Å². The number of aromatic hydroxyl groups is 1. The number of rotatable bonds is 3. The summed E-state index contributed by atoms with van der Waals surface area (Å²) in [5.74, 6) is 0.420. The van der Waals surface area contributed by atoms with Gasteiger partial charge >= 0.3 is 0 Å². The Morgan fingerprint density at radius 3 is 1.74 bits per heavy atom. The average molecular weight is 311 g/mol. The number of phenols is 1. The molecule has 0 bridgehead atoms. The zero-order chi connectivity index (χ0) is 17.4. The van der Waals surface area contributed by atoms with Gasteiger partial charge in [0, 0.05) is 12.4 Å². The number of hydrogen-bond acceptors (Lipinski definition) is 1. The minimum atomic E-state index is -0.123.